The quantitative estimate of drug-likeness (QED) is 0.0828. The van der Waals surface area contributed by atoms with Crippen molar-refractivity contribution in [2.24, 2.45) is 0 Å². The van der Waals surface area contributed by atoms with E-state index in [-0.39, 0.29) is 54.1 Å². The summed E-state index contributed by atoms with van der Waals surface area (Å²) in [6, 6.07) is 7.33. The van der Waals surface area contributed by atoms with E-state index in [1.807, 2.05) is 6.07 Å². The lowest BCUT2D eigenvalue weighted by molar-refractivity contribution is -0.136. The minimum absolute atomic E-state index is 0.0558. The predicted octanol–water partition coefficient (Wildman–Crippen LogP) is 5.40. The van der Waals surface area contributed by atoms with Crippen molar-refractivity contribution in [1.82, 2.24) is 45.3 Å². The van der Waals surface area contributed by atoms with E-state index in [9.17, 15) is 37.5 Å². The number of ether oxygens (including phenoxy) is 1. The van der Waals surface area contributed by atoms with Crippen LogP contribution in [0.2, 0.25) is 0 Å². The van der Waals surface area contributed by atoms with Crippen LogP contribution in [-0.2, 0) is 45.1 Å². The average Bonchev–Trinajstić information content (AvgIpc) is 4.04. The van der Waals surface area contributed by atoms with Gasteiger partial charge in [0.25, 0.3) is 18.2 Å². The number of fused-ring (bicyclic) bond motifs is 3. The number of piperidine rings is 1. The molecule has 4 N–H and O–H groups in total. The molecule has 5 aliphatic rings. The largest absolute Gasteiger partial charge is 0.385 e. The summed E-state index contributed by atoms with van der Waals surface area (Å²) in [6.45, 7) is 3.90. The van der Waals surface area contributed by atoms with Gasteiger partial charge in [-0.15, -0.1) is 0 Å². The van der Waals surface area contributed by atoms with Crippen LogP contribution in [0.4, 0.5) is 30.8 Å². The molecule has 0 bridgehead atoms. The highest BCUT2D eigenvalue weighted by Gasteiger charge is 2.45. The smallest absolute Gasteiger partial charge is 0.317 e. The number of urea groups is 1. The van der Waals surface area contributed by atoms with Gasteiger partial charge in [0.05, 0.1) is 29.9 Å². The first kappa shape index (κ1) is 46.4. The number of imide groups is 2. The number of benzene rings is 2. The summed E-state index contributed by atoms with van der Waals surface area (Å²) in [6.07, 6.45) is 8.77. The Labute approximate surface area is 392 Å². The van der Waals surface area contributed by atoms with E-state index in [1.165, 1.54) is 10.9 Å². The molecule has 5 aliphatic heterocycles. The summed E-state index contributed by atoms with van der Waals surface area (Å²) in [7, 11) is 1.61. The molecule has 360 valence electrons. The molecule has 9 rings (SSSR count). The van der Waals surface area contributed by atoms with Crippen LogP contribution in [0.1, 0.15) is 120 Å². The van der Waals surface area contributed by atoms with Crippen LogP contribution in [0.3, 0.4) is 0 Å². The first-order chi connectivity index (χ1) is 33.0. The van der Waals surface area contributed by atoms with E-state index < -0.39 is 36.1 Å². The molecule has 0 aliphatic carbocycles. The van der Waals surface area contributed by atoms with Crippen molar-refractivity contribution >= 4 is 52.8 Å². The number of carbonyl (C=O) groups is 6. The average molecular weight is 938 g/mol. The van der Waals surface area contributed by atoms with Crippen LogP contribution in [0.5, 0.6) is 0 Å². The summed E-state index contributed by atoms with van der Waals surface area (Å²) in [5.41, 5.74) is 5.54. The van der Waals surface area contributed by atoms with Gasteiger partial charge in [-0.3, -0.25) is 43.6 Å². The van der Waals surface area contributed by atoms with Gasteiger partial charge in [-0.1, -0.05) is 19.3 Å². The first-order valence-electron chi connectivity index (χ1n) is 23.7. The maximum absolute atomic E-state index is 15.0. The number of hydrogen-bond donors (Lipinski definition) is 4. The Hall–Kier alpha value is -6.70. The summed E-state index contributed by atoms with van der Waals surface area (Å²) >= 11 is 0. The molecular weight excluding hydrogens is 881 g/mol. The standard InChI is InChI=1S/C48H57F2N11O7/c1-51-48(67)57-19-13-38-37(27-57)44(56-61(38)32-14-20-68-21-15-32)59-18-7-8-29-22-34(35(43(49)50)24-40(29)59)30-25-54-58(26-30)28-42(63)53-17-6-4-2-3-5-16-52-31-9-10-33-36(23-31)47(66)60(46(33)65)39-11-12-41(62)55-45(39)64/h9-10,22-26,32,39,43,52H,2-8,11-21,27-28H2,1H3,(H,51,67)(H,53,63)(H,55,62,64). The number of unbranched alkanes of at least 4 members (excludes halogenated alkanes) is 4. The van der Waals surface area contributed by atoms with Gasteiger partial charge in [0.15, 0.2) is 5.82 Å². The molecule has 68 heavy (non-hydrogen) atoms. The van der Waals surface area contributed by atoms with E-state index in [4.69, 9.17) is 9.84 Å². The number of nitrogens with zero attached hydrogens (tertiary/aromatic N) is 7. The van der Waals surface area contributed by atoms with Crippen molar-refractivity contribution in [1.29, 1.82) is 0 Å². The molecule has 7 heterocycles. The van der Waals surface area contributed by atoms with E-state index in [2.05, 4.69) is 35.9 Å². The van der Waals surface area contributed by atoms with Crippen LogP contribution in [0.25, 0.3) is 11.1 Å². The Morgan fingerprint density at radius 1 is 0.897 bits per heavy atom. The molecule has 2 saturated heterocycles. The van der Waals surface area contributed by atoms with E-state index in [1.54, 1.807) is 42.4 Å². The second-order valence-electron chi connectivity index (χ2n) is 18.1. The van der Waals surface area contributed by atoms with Gasteiger partial charge in [0.1, 0.15) is 12.6 Å². The molecule has 2 fully saturated rings. The Morgan fingerprint density at radius 3 is 2.46 bits per heavy atom. The van der Waals surface area contributed by atoms with Crippen LogP contribution < -0.4 is 26.2 Å². The number of amides is 7. The van der Waals surface area contributed by atoms with Crippen LogP contribution >= 0.6 is 0 Å². The number of anilines is 3. The van der Waals surface area contributed by atoms with Gasteiger partial charge in [-0.05, 0) is 86.4 Å². The van der Waals surface area contributed by atoms with Gasteiger partial charge in [-0.2, -0.15) is 10.2 Å². The van der Waals surface area contributed by atoms with Gasteiger partial charge in [0.2, 0.25) is 17.7 Å². The Morgan fingerprint density at radius 2 is 1.68 bits per heavy atom. The van der Waals surface area contributed by atoms with Gasteiger partial charge in [0, 0.05) is 99.2 Å². The third-order valence-corrected chi connectivity index (χ3v) is 13.7. The highest BCUT2D eigenvalue weighted by Crippen LogP contribution is 2.44. The van der Waals surface area contributed by atoms with Gasteiger partial charge < -0.3 is 30.5 Å². The molecular formula is C48H57F2N11O7. The van der Waals surface area contributed by atoms with Crippen molar-refractivity contribution in [3.8, 4) is 11.1 Å². The third-order valence-electron chi connectivity index (χ3n) is 13.7. The second-order valence-corrected chi connectivity index (χ2v) is 18.1. The molecule has 1 unspecified atom stereocenters. The highest BCUT2D eigenvalue weighted by atomic mass is 19.3. The number of rotatable bonds is 16. The van der Waals surface area contributed by atoms with Crippen molar-refractivity contribution < 1.29 is 42.3 Å². The number of halogens is 2. The monoisotopic (exact) mass is 937 g/mol. The molecule has 0 radical (unpaired) electrons. The molecule has 0 spiro atoms. The summed E-state index contributed by atoms with van der Waals surface area (Å²) in [5.74, 6) is -1.67. The Balaban J connectivity index is 0.753. The maximum atomic E-state index is 15.0. The number of aryl methyl sites for hydroxylation is 1. The van der Waals surface area contributed by atoms with E-state index in [0.29, 0.717) is 87.1 Å². The fourth-order valence-electron chi connectivity index (χ4n) is 10.1. The highest BCUT2D eigenvalue weighted by molar-refractivity contribution is 6.23. The summed E-state index contributed by atoms with van der Waals surface area (Å²) in [5, 5.41) is 20.7. The van der Waals surface area contributed by atoms with Crippen LogP contribution in [-0.4, -0.2) is 117 Å². The molecule has 7 amide bonds. The second kappa shape index (κ2) is 20.3. The topological polar surface area (TPSA) is 205 Å². The van der Waals surface area contributed by atoms with E-state index >= 15 is 0 Å². The van der Waals surface area contributed by atoms with Crippen molar-refractivity contribution in [3.05, 3.63) is 76.2 Å². The first-order valence-corrected chi connectivity index (χ1v) is 23.7. The molecule has 18 nitrogen and oxygen atoms in total. The third kappa shape index (κ3) is 9.55. The SMILES string of the molecule is CNC(=O)N1CCc2c(c(N3CCCc4cc(-c5cnn(CC(=O)NCCCCCCCNc6ccc7c(c6)C(=O)N(C6CCC(=O)NC6=O)C7=O)c5)c(C(F)F)cc43)nn2C2CCOCC2)C1. The minimum atomic E-state index is -2.77. The van der Waals surface area contributed by atoms with Crippen molar-refractivity contribution in [2.45, 2.75) is 109 Å². The number of carbonyl (C=O) groups excluding carboxylic acids is 6. The zero-order valence-electron chi connectivity index (χ0n) is 38.2. The summed E-state index contributed by atoms with van der Waals surface area (Å²) in [4.78, 5) is 80.4. The lowest BCUT2D eigenvalue weighted by Gasteiger charge is -2.33. The van der Waals surface area contributed by atoms with Gasteiger partial charge >= 0.3 is 6.03 Å². The van der Waals surface area contributed by atoms with Crippen LogP contribution in [0, 0.1) is 0 Å². The number of nitrogens with one attached hydrogen (secondary N) is 4. The van der Waals surface area contributed by atoms with Gasteiger partial charge in [-0.25, -0.2) is 13.6 Å². The molecule has 2 aromatic heterocycles. The predicted molar refractivity (Wildman–Crippen MR) is 246 cm³/mol. The lowest BCUT2D eigenvalue weighted by Crippen LogP contribution is -2.54. The van der Waals surface area contributed by atoms with Crippen molar-refractivity contribution in [3.63, 3.8) is 0 Å². The fourth-order valence-corrected chi connectivity index (χ4v) is 10.1. The fraction of sp³-hybridized carbons (Fsp3) is 0.500. The maximum Gasteiger partial charge on any atom is 0.317 e. The Bertz CT molecular complexity index is 2610. The van der Waals surface area contributed by atoms with Crippen molar-refractivity contribution in [2.75, 3.05) is 56.7 Å². The molecule has 20 heteroatoms. The van der Waals surface area contributed by atoms with Crippen LogP contribution in [0.15, 0.2) is 42.7 Å². The molecule has 4 aromatic rings. The Kier molecular flexibility index (Phi) is 13.8. The minimum Gasteiger partial charge on any atom is -0.385 e. The summed E-state index contributed by atoms with van der Waals surface area (Å²) < 4.78 is 39.2. The number of aromatic nitrogens is 4. The van der Waals surface area contributed by atoms with E-state index in [0.717, 1.165) is 73.1 Å². The zero-order valence-corrected chi connectivity index (χ0v) is 38.2. The molecule has 0 saturated carbocycles. The number of hydrogen-bond acceptors (Lipinski definition) is 11. The molecule has 2 aromatic carbocycles. The normalized spacial score (nSPS) is 18.4. The lowest BCUT2D eigenvalue weighted by atomic mass is 9.92. The zero-order chi connectivity index (χ0) is 47.5. The number of alkyl halides is 2. The molecule has 1 atom stereocenters.